The Morgan fingerprint density at radius 3 is 2.93 bits per heavy atom. The third-order valence-corrected chi connectivity index (χ3v) is 3.95. The second-order valence-corrected chi connectivity index (χ2v) is 5.83. The fourth-order valence-electron chi connectivity index (χ4n) is 1.10. The summed E-state index contributed by atoms with van der Waals surface area (Å²) >= 11 is 8.55. The molecule has 0 aliphatic carbocycles. The predicted octanol–water partition coefficient (Wildman–Crippen LogP) is 3.05. The maximum absolute atomic E-state index is 4.02. The normalized spacial score (nSPS) is 10.7. The second-order valence-electron chi connectivity index (χ2n) is 2.72. The molecule has 0 saturated carbocycles. The average molecular weight is 337 g/mol. The highest BCUT2D eigenvalue weighted by Gasteiger charge is 2.04. The molecule has 0 N–H and O–H groups in total. The topological polar surface area (TPSA) is 30.7 Å². The molecule has 2 rings (SSSR count). The zero-order valence-electron chi connectivity index (χ0n) is 7.15. The van der Waals surface area contributed by atoms with E-state index in [1.54, 1.807) is 17.5 Å². The second kappa shape index (κ2) is 4.55. The molecule has 0 spiro atoms. The van der Waals surface area contributed by atoms with Gasteiger partial charge in [0.15, 0.2) is 0 Å². The van der Waals surface area contributed by atoms with Crippen LogP contribution in [0.4, 0.5) is 0 Å². The van der Waals surface area contributed by atoms with Crippen molar-refractivity contribution in [3.05, 3.63) is 32.7 Å². The van der Waals surface area contributed by atoms with Gasteiger partial charge in [0.25, 0.3) is 0 Å². The van der Waals surface area contributed by atoms with Crippen molar-refractivity contribution in [1.29, 1.82) is 0 Å². The van der Waals surface area contributed by atoms with Gasteiger partial charge in [0.05, 0.1) is 22.2 Å². The molecular weight excluding hydrogens is 330 g/mol. The molecule has 0 atom stereocenters. The minimum atomic E-state index is 0.784. The van der Waals surface area contributed by atoms with Crippen LogP contribution in [0.2, 0.25) is 0 Å². The Bertz CT molecular complexity index is 424. The van der Waals surface area contributed by atoms with Crippen LogP contribution in [0.3, 0.4) is 0 Å². The fourth-order valence-corrected chi connectivity index (χ4v) is 3.00. The molecule has 0 unspecified atom stereocenters. The Kier molecular flexibility index (Phi) is 3.35. The lowest BCUT2D eigenvalue weighted by molar-refractivity contribution is 0.638. The van der Waals surface area contributed by atoms with E-state index in [0.29, 0.717) is 0 Å². The molecule has 14 heavy (non-hydrogen) atoms. The van der Waals surface area contributed by atoms with E-state index < -0.39 is 0 Å². The minimum absolute atomic E-state index is 0.784. The number of nitrogens with zero attached hydrogens (tertiary/aromatic N) is 3. The standard InChI is InChI=1S/C8H7Br2N3S/c9-3-6-4-11-12-13(6)5-7-1-2-8(10)14-7/h1-2,4H,3,5H2. The van der Waals surface area contributed by atoms with E-state index in [1.807, 2.05) is 10.7 Å². The van der Waals surface area contributed by atoms with Crippen molar-refractivity contribution < 1.29 is 0 Å². The van der Waals surface area contributed by atoms with Crippen molar-refractivity contribution >= 4 is 43.2 Å². The highest BCUT2D eigenvalue weighted by atomic mass is 79.9. The van der Waals surface area contributed by atoms with E-state index in [4.69, 9.17) is 0 Å². The number of hydrogen-bond donors (Lipinski definition) is 0. The number of thiophene rings is 1. The molecule has 0 fully saturated rings. The Balaban J connectivity index is 2.18. The van der Waals surface area contributed by atoms with Crippen LogP contribution in [0.25, 0.3) is 0 Å². The SMILES string of the molecule is BrCc1cnnn1Cc1ccc(Br)s1. The number of hydrogen-bond acceptors (Lipinski definition) is 3. The lowest BCUT2D eigenvalue weighted by Gasteiger charge is -2.00. The first-order valence-corrected chi connectivity index (χ1v) is 6.70. The maximum atomic E-state index is 4.02. The van der Waals surface area contributed by atoms with Gasteiger partial charge in [0.1, 0.15) is 0 Å². The lowest BCUT2D eigenvalue weighted by Crippen LogP contribution is -2.03. The molecule has 0 aromatic carbocycles. The maximum Gasteiger partial charge on any atom is 0.0773 e. The zero-order chi connectivity index (χ0) is 9.97. The van der Waals surface area contributed by atoms with Crippen LogP contribution in [0, 0.1) is 0 Å². The summed E-state index contributed by atoms with van der Waals surface area (Å²) in [6, 6.07) is 4.14. The molecule has 2 heterocycles. The van der Waals surface area contributed by atoms with Gasteiger partial charge in [0, 0.05) is 10.2 Å². The van der Waals surface area contributed by atoms with E-state index in [-0.39, 0.29) is 0 Å². The largest absolute Gasteiger partial charge is 0.243 e. The van der Waals surface area contributed by atoms with Crippen LogP contribution >= 0.6 is 43.2 Å². The monoisotopic (exact) mass is 335 g/mol. The summed E-state index contributed by atoms with van der Waals surface area (Å²) in [4.78, 5) is 1.27. The van der Waals surface area contributed by atoms with Crippen molar-refractivity contribution in [2.45, 2.75) is 11.9 Å². The quantitative estimate of drug-likeness (QED) is 0.806. The lowest BCUT2D eigenvalue weighted by atomic mass is 10.4. The van der Waals surface area contributed by atoms with Crippen molar-refractivity contribution in [1.82, 2.24) is 15.0 Å². The molecule has 74 valence electrons. The van der Waals surface area contributed by atoms with E-state index in [0.717, 1.165) is 21.4 Å². The number of aromatic nitrogens is 3. The van der Waals surface area contributed by atoms with Gasteiger partial charge in [0.2, 0.25) is 0 Å². The summed E-state index contributed by atoms with van der Waals surface area (Å²) in [5, 5.41) is 8.68. The fraction of sp³-hybridized carbons (Fsp3) is 0.250. The van der Waals surface area contributed by atoms with E-state index in [9.17, 15) is 0 Å². The van der Waals surface area contributed by atoms with Crippen LogP contribution < -0.4 is 0 Å². The summed E-state index contributed by atoms with van der Waals surface area (Å²) in [7, 11) is 0. The van der Waals surface area contributed by atoms with Gasteiger partial charge in [-0.3, -0.25) is 0 Å². The van der Waals surface area contributed by atoms with Gasteiger partial charge >= 0.3 is 0 Å². The Hall–Kier alpha value is -0.200. The predicted molar refractivity (Wildman–Crippen MR) is 63.8 cm³/mol. The van der Waals surface area contributed by atoms with Gasteiger partial charge in [-0.25, -0.2) is 4.68 Å². The third kappa shape index (κ3) is 2.24. The molecule has 0 bridgehead atoms. The summed E-state index contributed by atoms with van der Waals surface area (Å²) in [6.07, 6.45) is 1.78. The van der Waals surface area contributed by atoms with E-state index in [2.05, 4.69) is 48.2 Å². The van der Waals surface area contributed by atoms with Crippen LogP contribution in [-0.2, 0) is 11.9 Å². The third-order valence-electron chi connectivity index (χ3n) is 1.77. The number of alkyl halides is 1. The van der Waals surface area contributed by atoms with Crippen LogP contribution in [0.5, 0.6) is 0 Å². The molecule has 0 amide bonds. The Morgan fingerprint density at radius 2 is 2.29 bits per heavy atom. The van der Waals surface area contributed by atoms with Crippen molar-refractivity contribution in [2.24, 2.45) is 0 Å². The van der Waals surface area contributed by atoms with Crippen LogP contribution in [-0.4, -0.2) is 15.0 Å². The number of halogens is 2. The number of rotatable bonds is 3. The van der Waals surface area contributed by atoms with Crippen molar-refractivity contribution in [3.63, 3.8) is 0 Å². The molecule has 0 aliphatic heterocycles. The summed E-state index contributed by atoms with van der Waals surface area (Å²) in [6.45, 7) is 0.789. The molecular formula is C8H7Br2N3S. The Morgan fingerprint density at radius 1 is 1.43 bits per heavy atom. The molecule has 0 aliphatic rings. The van der Waals surface area contributed by atoms with Crippen molar-refractivity contribution in [3.8, 4) is 0 Å². The van der Waals surface area contributed by atoms with Crippen LogP contribution in [0.1, 0.15) is 10.6 Å². The minimum Gasteiger partial charge on any atom is -0.243 e. The molecule has 2 aromatic rings. The van der Waals surface area contributed by atoms with Gasteiger partial charge in [-0.1, -0.05) is 21.1 Å². The molecule has 0 saturated heterocycles. The van der Waals surface area contributed by atoms with Gasteiger partial charge < -0.3 is 0 Å². The van der Waals surface area contributed by atoms with Gasteiger partial charge in [-0.05, 0) is 28.1 Å². The van der Waals surface area contributed by atoms with E-state index >= 15 is 0 Å². The van der Waals surface area contributed by atoms with Gasteiger partial charge in [-0.2, -0.15) is 0 Å². The first kappa shape index (κ1) is 10.3. The summed E-state index contributed by atoms with van der Waals surface area (Å²) in [5.41, 5.74) is 1.09. The van der Waals surface area contributed by atoms with Gasteiger partial charge in [-0.15, -0.1) is 16.4 Å². The average Bonchev–Trinajstić information content (AvgIpc) is 2.76. The van der Waals surface area contributed by atoms with E-state index in [1.165, 1.54) is 4.88 Å². The van der Waals surface area contributed by atoms with Crippen molar-refractivity contribution in [2.75, 3.05) is 0 Å². The Labute approximate surface area is 102 Å². The highest BCUT2D eigenvalue weighted by Crippen LogP contribution is 2.22. The zero-order valence-corrected chi connectivity index (χ0v) is 11.1. The van der Waals surface area contributed by atoms with Crippen LogP contribution in [0.15, 0.2) is 22.1 Å². The summed E-state index contributed by atoms with van der Waals surface area (Å²) < 4.78 is 3.04. The smallest absolute Gasteiger partial charge is 0.0773 e. The first-order chi connectivity index (χ1) is 6.79. The molecule has 3 nitrogen and oxygen atoms in total. The molecule has 6 heteroatoms. The first-order valence-electron chi connectivity index (χ1n) is 3.97. The molecule has 0 radical (unpaired) electrons. The summed E-state index contributed by atoms with van der Waals surface area (Å²) in [5.74, 6) is 0. The molecule has 2 aromatic heterocycles. The highest BCUT2D eigenvalue weighted by molar-refractivity contribution is 9.11.